The van der Waals surface area contributed by atoms with Crippen LogP contribution in [0.2, 0.25) is 0 Å². The molecule has 3 rings (SSSR count). The lowest BCUT2D eigenvalue weighted by atomic mass is 9.83. The Bertz CT molecular complexity index is 603. The molecule has 1 N–H and O–H groups in total. The van der Waals surface area contributed by atoms with Gasteiger partial charge in [0.05, 0.1) is 24.1 Å². The van der Waals surface area contributed by atoms with Crippen molar-refractivity contribution in [2.24, 2.45) is 11.0 Å². The van der Waals surface area contributed by atoms with Crippen LogP contribution in [-0.4, -0.2) is 42.6 Å². The number of hydrazone groups is 1. The molecule has 0 aromatic heterocycles. The van der Waals surface area contributed by atoms with Crippen molar-refractivity contribution in [3.63, 3.8) is 0 Å². The minimum atomic E-state index is -0.374. The second-order valence-electron chi connectivity index (χ2n) is 5.26. The minimum Gasteiger partial charge on any atom is -0.381 e. The first-order valence-corrected chi connectivity index (χ1v) is 7.40. The lowest BCUT2D eigenvalue weighted by molar-refractivity contribution is -0.385. The number of hydrogen-bond acceptors (Lipinski definition) is 6. The standard InChI is InChI=1S/C13H15BrN4O3/c1-17-7-15-16-13(17)12(9-5-21-6-9)8-2-10(14)4-11(3-8)18(19)20/h2-4,9,12,15H,5-7H2,1H3. The van der Waals surface area contributed by atoms with Gasteiger partial charge in [-0.3, -0.25) is 15.5 Å². The van der Waals surface area contributed by atoms with E-state index in [-0.39, 0.29) is 16.5 Å². The average molecular weight is 355 g/mol. The zero-order chi connectivity index (χ0) is 15.0. The Morgan fingerprint density at radius 3 is 2.81 bits per heavy atom. The van der Waals surface area contributed by atoms with E-state index >= 15 is 0 Å². The first-order chi connectivity index (χ1) is 10.1. The van der Waals surface area contributed by atoms with Gasteiger partial charge < -0.3 is 9.64 Å². The van der Waals surface area contributed by atoms with E-state index in [0.717, 1.165) is 11.4 Å². The number of nitro groups is 1. The maximum atomic E-state index is 11.1. The fraction of sp³-hybridized carbons (Fsp3) is 0.462. The predicted molar refractivity (Wildman–Crippen MR) is 81.0 cm³/mol. The molecule has 0 spiro atoms. The molecule has 1 fully saturated rings. The van der Waals surface area contributed by atoms with Crippen LogP contribution in [0.25, 0.3) is 0 Å². The van der Waals surface area contributed by atoms with Crippen LogP contribution in [0.4, 0.5) is 5.69 Å². The molecule has 2 aliphatic rings. The predicted octanol–water partition coefficient (Wildman–Crippen LogP) is 1.89. The Morgan fingerprint density at radius 1 is 1.52 bits per heavy atom. The number of non-ortho nitro benzene ring substituents is 1. The summed E-state index contributed by atoms with van der Waals surface area (Å²) < 4.78 is 6.00. The van der Waals surface area contributed by atoms with Crippen LogP contribution in [-0.2, 0) is 4.74 Å². The first-order valence-electron chi connectivity index (χ1n) is 6.60. The molecule has 0 aliphatic carbocycles. The Labute approximate surface area is 130 Å². The van der Waals surface area contributed by atoms with Crippen molar-refractivity contribution in [1.82, 2.24) is 10.3 Å². The van der Waals surface area contributed by atoms with Gasteiger partial charge in [-0.05, 0) is 11.6 Å². The Kier molecular flexibility index (Phi) is 3.81. The number of ether oxygens (including phenoxy) is 1. The van der Waals surface area contributed by atoms with Crippen LogP contribution in [0.5, 0.6) is 0 Å². The van der Waals surface area contributed by atoms with Crippen LogP contribution in [0, 0.1) is 16.0 Å². The number of nitrogens with zero attached hydrogens (tertiary/aromatic N) is 3. The SMILES string of the molecule is CN1CNN=C1C(c1cc(Br)cc([N+](=O)[O-])c1)C1COC1. The second kappa shape index (κ2) is 5.61. The second-order valence-corrected chi connectivity index (χ2v) is 6.17. The summed E-state index contributed by atoms with van der Waals surface area (Å²) in [6.07, 6.45) is 0. The van der Waals surface area contributed by atoms with Crippen molar-refractivity contribution < 1.29 is 9.66 Å². The minimum absolute atomic E-state index is 0.00468. The molecule has 8 heteroatoms. The van der Waals surface area contributed by atoms with E-state index in [1.54, 1.807) is 6.07 Å². The van der Waals surface area contributed by atoms with Gasteiger partial charge in [0.2, 0.25) is 0 Å². The number of halogens is 1. The topological polar surface area (TPSA) is 80.0 Å². The van der Waals surface area contributed by atoms with E-state index in [2.05, 4.69) is 26.5 Å². The van der Waals surface area contributed by atoms with Gasteiger partial charge in [0.1, 0.15) is 12.5 Å². The van der Waals surface area contributed by atoms with Gasteiger partial charge in [0.15, 0.2) is 0 Å². The number of amidine groups is 1. The van der Waals surface area contributed by atoms with Crippen LogP contribution >= 0.6 is 15.9 Å². The summed E-state index contributed by atoms with van der Waals surface area (Å²) in [5.74, 6) is 1.19. The lowest BCUT2D eigenvalue weighted by Gasteiger charge is -2.35. The molecule has 1 unspecified atom stereocenters. The zero-order valence-corrected chi connectivity index (χ0v) is 13.0. The molecule has 0 amide bonds. The Morgan fingerprint density at radius 2 is 2.29 bits per heavy atom. The quantitative estimate of drug-likeness (QED) is 0.659. The van der Waals surface area contributed by atoms with Gasteiger partial charge in [0.25, 0.3) is 5.69 Å². The third-order valence-electron chi connectivity index (χ3n) is 3.78. The van der Waals surface area contributed by atoms with Gasteiger partial charge in [-0.2, -0.15) is 5.10 Å². The van der Waals surface area contributed by atoms with Crippen molar-refractivity contribution in [3.05, 3.63) is 38.3 Å². The summed E-state index contributed by atoms with van der Waals surface area (Å²) in [5.41, 5.74) is 3.92. The number of hydrogen-bond donors (Lipinski definition) is 1. The van der Waals surface area contributed by atoms with Crippen LogP contribution in [0.3, 0.4) is 0 Å². The largest absolute Gasteiger partial charge is 0.381 e. The van der Waals surface area contributed by atoms with Gasteiger partial charge >= 0.3 is 0 Å². The maximum Gasteiger partial charge on any atom is 0.270 e. The highest BCUT2D eigenvalue weighted by Crippen LogP contribution is 2.36. The van der Waals surface area contributed by atoms with Gasteiger partial charge in [-0.25, -0.2) is 0 Å². The third kappa shape index (κ3) is 2.73. The summed E-state index contributed by atoms with van der Waals surface area (Å²) in [6.45, 7) is 1.95. The van der Waals surface area contributed by atoms with Crippen molar-refractivity contribution in [2.45, 2.75) is 5.92 Å². The summed E-state index contributed by atoms with van der Waals surface area (Å²) in [5, 5.41) is 15.4. The number of benzene rings is 1. The molecule has 0 bridgehead atoms. The molecule has 21 heavy (non-hydrogen) atoms. The molecule has 1 saturated heterocycles. The van der Waals surface area contributed by atoms with E-state index in [1.165, 1.54) is 6.07 Å². The summed E-state index contributed by atoms with van der Waals surface area (Å²) in [7, 11) is 1.96. The lowest BCUT2D eigenvalue weighted by Crippen LogP contribution is -2.41. The van der Waals surface area contributed by atoms with E-state index in [0.29, 0.717) is 30.3 Å². The molecule has 1 atom stereocenters. The molecule has 0 radical (unpaired) electrons. The molecule has 2 aliphatic heterocycles. The molecule has 112 valence electrons. The van der Waals surface area contributed by atoms with Crippen molar-refractivity contribution in [1.29, 1.82) is 0 Å². The normalized spacial score (nSPS) is 19.7. The van der Waals surface area contributed by atoms with Crippen LogP contribution < -0.4 is 5.43 Å². The number of rotatable bonds is 4. The van der Waals surface area contributed by atoms with E-state index in [1.807, 2.05) is 18.0 Å². The number of nitro benzene ring substituents is 1. The average Bonchev–Trinajstić information content (AvgIpc) is 2.78. The summed E-state index contributed by atoms with van der Waals surface area (Å²) in [4.78, 5) is 12.7. The van der Waals surface area contributed by atoms with Crippen molar-refractivity contribution in [3.8, 4) is 0 Å². The van der Waals surface area contributed by atoms with Gasteiger partial charge in [-0.1, -0.05) is 15.9 Å². The van der Waals surface area contributed by atoms with Crippen molar-refractivity contribution in [2.75, 3.05) is 26.9 Å². The highest BCUT2D eigenvalue weighted by molar-refractivity contribution is 9.10. The highest BCUT2D eigenvalue weighted by atomic mass is 79.9. The molecule has 1 aromatic rings. The fourth-order valence-electron chi connectivity index (χ4n) is 2.66. The highest BCUT2D eigenvalue weighted by Gasteiger charge is 2.37. The van der Waals surface area contributed by atoms with E-state index in [9.17, 15) is 10.1 Å². The first kappa shape index (κ1) is 14.3. The number of likely N-dealkylation sites (N-methyl/N-ethyl adjacent to an activating group) is 1. The van der Waals surface area contributed by atoms with E-state index < -0.39 is 0 Å². The molecule has 0 saturated carbocycles. The molecule has 1 aromatic carbocycles. The maximum absolute atomic E-state index is 11.1. The summed E-state index contributed by atoms with van der Waals surface area (Å²) in [6, 6.07) is 5.06. The van der Waals surface area contributed by atoms with Crippen LogP contribution in [0.1, 0.15) is 11.5 Å². The third-order valence-corrected chi connectivity index (χ3v) is 4.24. The molecular weight excluding hydrogens is 340 g/mol. The smallest absolute Gasteiger partial charge is 0.270 e. The molecule has 7 nitrogen and oxygen atoms in total. The molecule has 2 heterocycles. The molecular formula is C13H15BrN4O3. The van der Waals surface area contributed by atoms with Gasteiger partial charge in [-0.15, -0.1) is 0 Å². The fourth-order valence-corrected chi connectivity index (χ4v) is 3.15. The van der Waals surface area contributed by atoms with Gasteiger partial charge in [0, 0.05) is 29.6 Å². The summed E-state index contributed by atoms with van der Waals surface area (Å²) >= 11 is 3.36. The Balaban J connectivity index is 2.02. The monoisotopic (exact) mass is 354 g/mol. The Hall–Kier alpha value is -1.67. The number of nitrogens with one attached hydrogen (secondary N) is 1. The van der Waals surface area contributed by atoms with E-state index in [4.69, 9.17) is 4.74 Å². The van der Waals surface area contributed by atoms with Crippen LogP contribution in [0.15, 0.2) is 27.8 Å². The van der Waals surface area contributed by atoms with Crippen molar-refractivity contribution >= 4 is 27.5 Å². The zero-order valence-electron chi connectivity index (χ0n) is 11.5.